The van der Waals surface area contributed by atoms with Gasteiger partial charge in [-0.1, -0.05) is 32.0 Å². The number of hydrogen-bond acceptors (Lipinski definition) is 4. The Bertz CT molecular complexity index is 604. The van der Waals surface area contributed by atoms with Gasteiger partial charge in [0.25, 0.3) is 0 Å². The highest BCUT2D eigenvalue weighted by atomic mass is 16.5. The summed E-state index contributed by atoms with van der Waals surface area (Å²) >= 11 is 0. The first-order valence-electron chi connectivity index (χ1n) is 9.20. The van der Waals surface area contributed by atoms with E-state index in [2.05, 4.69) is 24.5 Å². The zero-order valence-corrected chi connectivity index (χ0v) is 16.6. The molecule has 0 spiro atoms. The molecule has 6 nitrogen and oxygen atoms in total. The molecule has 0 radical (unpaired) electrons. The van der Waals surface area contributed by atoms with Crippen LogP contribution in [0.3, 0.4) is 0 Å². The van der Waals surface area contributed by atoms with Crippen molar-refractivity contribution in [1.82, 2.24) is 10.6 Å². The lowest BCUT2D eigenvalue weighted by Crippen LogP contribution is -2.52. The van der Waals surface area contributed by atoms with Crippen LogP contribution in [0, 0.1) is 5.92 Å². The molecule has 2 atom stereocenters. The van der Waals surface area contributed by atoms with Crippen LogP contribution in [0.4, 0.5) is 0 Å². The van der Waals surface area contributed by atoms with E-state index in [9.17, 15) is 9.59 Å². The Balaban J connectivity index is 2.98. The molecule has 0 aliphatic rings. The molecule has 0 aromatic heterocycles. The molecular formula is C20H33N3O3. The Morgan fingerprint density at radius 3 is 2.46 bits per heavy atom. The number of nitrogens with two attached hydrogens (primary N) is 1. The van der Waals surface area contributed by atoms with E-state index in [1.807, 2.05) is 38.1 Å². The topological polar surface area (TPSA) is 93.4 Å². The van der Waals surface area contributed by atoms with Crippen molar-refractivity contribution in [1.29, 1.82) is 0 Å². The highest BCUT2D eigenvalue weighted by Gasteiger charge is 2.28. The van der Waals surface area contributed by atoms with Gasteiger partial charge in [0.1, 0.15) is 5.75 Å². The number of para-hydroxylation sites is 1. The van der Waals surface area contributed by atoms with Gasteiger partial charge in [0.2, 0.25) is 11.8 Å². The normalized spacial score (nSPS) is 14.4. The largest absolute Gasteiger partial charge is 0.494 e. The number of ether oxygens (including phenoxy) is 1. The number of nitrogens with one attached hydrogen (secondary N) is 2. The van der Waals surface area contributed by atoms with E-state index in [0.29, 0.717) is 24.8 Å². The predicted octanol–water partition coefficient (Wildman–Crippen LogP) is 2.53. The minimum Gasteiger partial charge on any atom is -0.494 e. The molecule has 146 valence electrons. The van der Waals surface area contributed by atoms with Crippen molar-refractivity contribution in [3.63, 3.8) is 0 Å². The molecule has 0 heterocycles. The summed E-state index contributed by atoms with van der Waals surface area (Å²) in [6.45, 7) is 10.4. The standard InChI is InChI=1S/C20H33N3O3/c1-6-26-18-10-8-7-9-16(18)17(22-15(4)24)11-19(25)23-20(5,13-21)12-14(2)3/h7-10,14,17H,6,11-13,21H2,1-5H3,(H,22,24)(H,23,25). The minimum absolute atomic E-state index is 0.122. The Kier molecular flexibility index (Phi) is 8.58. The van der Waals surface area contributed by atoms with Gasteiger partial charge in [-0.3, -0.25) is 9.59 Å². The highest BCUT2D eigenvalue weighted by molar-refractivity contribution is 5.80. The van der Waals surface area contributed by atoms with Crippen LogP contribution in [0.15, 0.2) is 24.3 Å². The smallest absolute Gasteiger partial charge is 0.222 e. The summed E-state index contributed by atoms with van der Waals surface area (Å²) in [4.78, 5) is 24.3. The molecule has 1 rings (SSSR count). The van der Waals surface area contributed by atoms with Crippen molar-refractivity contribution in [3.8, 4) is 5.75 Å². The maximum Gasteiger partial charge on any atom is 0.222 e. The summed E-state index contributed by atoms with van der Waals surface area (Å²) in [6.07, 6.45) is 0.910. The molecule has 0 saturated carbocycles. The molecule has 0 saturated heterocycles. The van der Waals surface area contributed by atoms with Crippen molar-refractivity contribution >= 4 is 11.8 Å². The second-order valence-electron chi connectivity index (χ2n) is 7.34. The van der Waals surface area contributed by atoms with Gasteiger partial charge in [0, 0.05) is 24.6 Å². The molecule has 1 aromatic carbocycles. The first-order chi connectivity index (χ1) is 12.2. The van der Waals surface area contributed by atoms with E-state index in [1.54, 1.807) is 0 Å². The van der Waals surface area contributed by atoms with Crippen molar-refractivity contribution in [2.24, 2.45) is 11.7 Å². The van der Waals surface area contributed by atoms with Gasteiger partial charge in [-0.15, -0.1) is 0 Å². The van der Waals surface area contributed by atoms with Crippen LogP contribution in [-0.4, -0.2) is 30.5 Å². The first-order valence-corrected chi connectivity index (χ1v) is 9.20. The van der Waals surface area contributed by atoms with Crippen LogP contribution < -0.4 is 21.1 Å². The summed E-state index contributed by atoms with van der Waals surface area (Å²) in [5, 5.41) is 5.90. The Morgan fingerprint density at radius 1 is 1.27 bits per heavy atom. The molecule has 26 heavy (non-hydrogen) atoms. The summed E-state index contributed by atoms with van der Waals surface area (Å²) in [6, 6.07) is 6.99. The van der Waals surface area contributed by atoms with Crippen LogP contribution in [0.1, 0.15) is 59.1 Å². The van der Waals surface area contributed by atoms with Crippen LogP contribution in [-0.2, 0) is 9.59 Å². The highest BCUT2D eigenvalue weighted by Crippen LogP contribution is 2.28. The van der Waals surface area contributed by atoms with E-state index in [4.69, 9.17) is 10.5 Å². The van der Waals surface area contributed by atoms with Crippen molar-refractivity contribution in [3.05, 3.63) is 29.8 Å². The molecule has 0 aliphatic carbocycles. The van der Waals surface area contributed by atoms with Crippen molar-refractivity contribution < 1.29 is 14.3 Å². The predicted molar refractivity (Wildman–Crippen MR) is 104 cm³/mol. The molecule has 2 amide bonds. The fourth-order valence-corrected chi connectivity index (χ4v) is 3.20. The van der Waals surface area contributed by atoms with E-state index < -0.39 is 11.6 Å². The van der Waals surface area contributed by atoms with E-state index in [-0.39, 0.29) is 18.2 Å². The number of carbonyl (C=O) groups is 2. The van der Waals surface area contributed by atoms with Gasteiger partial charge >= 0.3 is 0 Å². The fourth-order valence-electron chi connectivity index (χ4n) is 3.20. The van der Waals surface area contributed by atoms with Gasteiger partial charge in [0.15, 0.2) is 0 Å². The summed E-state index contributed by atoms with van der Waals surface area (Å²) in [5.41, 5.74) is 6.21. The maximum atomic E-state index is 12.7. The average molecular weight is 364 g/mol. The van der Waals surface area contributed by atoms with Crippen LogP contribution in [0.2, 0.25) is 0 Å². The molecular weight excluding hydrogens is 330 g/mol. The van der Waals surface area contributed by atoms with Crippen LogP contribution in [0.5, 0.6) is 5.75 Å². The molecule has 0 bridgehead atoms. The third-order valence-electron chi connectivity index (χ3n) is 4.11. The lowest BCUT2D eigenvalue weighted by Gasteiger charge is -2.32. The zero-order chi connectivity index (χ0) is 19.7. The number of benzene rings is 1. The van der Waals surface area contributed by atoms with Gasteiger partial charge in [-0.25, -0.2) is 0 Å². The Morgan fingerprint density at radius 2 is 1.92 bits per heavy atom. The lowest BCUT2D eigenvalue weighted by atomic mass is 9.90. The average Bonchev–Trinajstić information content (AvgIpc) is 2.53. The number of carbonyl (C=O) groups excluding carboxylic acids is 2. The van der Waals surface area contributed by atoms with Crippen LogP contribution >= 0.6 is 0 Å². The van der Waals surface area contributed by atoms with Gasteiger partial charge in [-0.05, 0) is 32.3 Å². The zero-order valence-electron chi connectivity index (χ0n) is 16.6. The summed E-state index contributed by atoms with van der Waals surface area (Å²) in [5.74, 6) is 0.737. The van der Waals surface area contributed by atoms with Gasteiger partial charge < -0.3 is 21.1 Å². The number of rotatable bonds is 10. The van der Waals surface area contributed by atoms with Crippen molar-refractivity contribution in [2.45, 2.75) is 59.0 Å². The monoisotopic (exact) mass is 363 g/mol. The summed E-state index contributed by atoms with van der Waals surface area (Å²) < 4.78 is 5.65. The third-order valence-corrected chi connectivity index (χ3v) is 4.11. The molecule has 2 unspecified atom stereocenters. The first kappa shape index (κ1) is 22.0. The fraction of sp³-hybridized carbons (Fsp3) is 0.600. The van der Waals surface area contributed by atoms with Crippen molar-refractivity contribution in [2.75, 3.05) is 13.2 Å². The molecule has 1 aromatic rings. The van der Waals surface area contributed by atoms with E-state index >= 15 is 0 Å². The maximum absolute atomic E-state index is 12.7. The lowest BCUT2D eigenvalue weighted by molar-refractivity contribution is -0.124. The molecule has 4 N–H and O–H groups in total. The van der Waals surface area contributed by atoms with E-state index in [1.165, 1.54) is 6.92 Å². The number of amides is 2. The number of hydrogen-bond donors (Lipinski definition) is 3. The van der Waals surface area contributed by atoms with Gasteiger partial charge in [-0.2, -0.15) is 0 Å². The SMILES string of the molecule is CCOc1ccccc1C(CC(=O)NC(C)(CN)CC(C)C)NC(C)=O. The molecule has 0 aliphatic heterocycles. The molecule has 6 heteroatoms. The third kappa shape index (κ3) is 7.04. The minimum atomic E-state index is -0.467. The second kappa shape index (κ2) is 10.2. The van der Waals surface area contributed by atoms with E-state index in [0.717, 1.165) is 12.0 Å². The van der Waals surface area contributed by atoms with Gasteiger partial charge in [0.05, 0.1) is 19.1 Å². The molecule has 0 fully saturated rings. The second-order valence-corrected chi connectivity index (χ2v) is 7.34. The quantitative estimate of drug-likeness (QED) is 0.595. The van der Waals surface area contributed by atoms with Crippen LogP contribution in [0.25, 0.3) is 0 Å². The summed E-state index contributed by atoms with van der Waals surface area (Å²) in [7, 11) is 0. The Labute approximate surface area is 156 Å². The Hall–Kier alpha value is -2.08.